The average molecular weight is 311 g/mol. The maximum Gasteiger partial charge on any atom is 0.146 e. The minimum atomic E-state index is 0.774. The molecule has 4 nitrogen and oxygen atoms in total. The first-order valence-corrected chi connectivity index (χ1v) is 7.45. The molecule has 2 atom stereocenters. The molecule has 2 fully saturated rings. The number of aromatic nitrogens is 2. The molecule has 98 valence electrons. The van der Waals surface area contributed by atoms with Gasteiger partial charge in [-0.25, -0.2) is 9.97 Å². The van der Waals surface area contributed by atoms with Crippen molar-refractivity contribution in [3.05, 3.63) is 17.0 Å². The Kier molecular flexibility index (Phi) is 3.52. The van der Waals surface area contributed by atoms with Gasteiger partial charge in [-0.3, -0.25) is 0 Å². The highest BCUT2D eigenvalue weighted by Crippen LogP contribution is 2.33. The van der Waals surface area contributed by atoms with Crippen LogP contribution in [-0.2, 0) is 0 Å². The summed E-state index contributed by atoms with van der Waals surface area (Å²) in [6.07, 6.45) is 7.41. The maximum absolute atomic E-state index is 4.41. The van der Waals surface area contributed by atoms with Gasteiger partial charge >= 0.3 is 0 Å². The third-order valence-corrected chi connectivity index (χ3v) is 4.85. The lowest BCUT2D eigenvalue weighted by Crippen LogP contribution is -2.53. The molecule has 3 rings (SSSR count). The van der Waals surface area contributed by atoms with Gasteiger partial charge in [0.05, 0.1) is 4.47 Å². The van der Waals surface area contributed by atoms with Gasteiger partial charge in [0, 0.05) is 25.3 Å². The van der Waals surface area contributed by atoms with Crippen molar-refractivity contribution in [1.29, 1.82) is 0 Å². The molecule has 2 saturated heterocycles. The van der Waals surface area contributed by atoms with Gasteiger partial charge in [-0.1, -0.05) is 0 Å². The molecule has 0 aromatic carbocycles. The zero-order chi connectivity index (χ0) is 12.5. The van der Waals surface area contributed by atoms with Crippen molar-refractivity contribution in [2.45, 2.75) is 25.3 Å². The Morgan fingerprint density at radius 3 is 3.06 bits per heavy atom. The minimum Gasteiger partial charge on any atom is -0.355 e. The fourth-order valence-electron chi connectivity index (χ4n) is 3.38. The van der Waals surface area contributed by atoms with E-state index in [0.29, 0.717) is 0 Å². The molecule has 1 aromatic rings. The van der Waals surface area contributed by atoms with Gasteiger partial charge < -0.3 is 9.80 Å². The Morgan fingerprint density at radius 1 is 1.33 bits per heavy atom. The molecule has 2 aliphatic rings. The van der Waals surface area contributed by atoms with Crippen LogP contribution in [-0.4, -0.2) is 47.6 Å². The largest absolute Gasteiger partial charge is 0.355 e. The molecule has 2 aliphatic heterocycles. The Hall–Kier alpha value is -0.680. The van der Waals surface area contributed by atoms with Crippen LogP contribution in [0.15, 0.2) is 17.0 Å². The van der Waals surface area contributed by atoms with E-state index in [1.165, 1.54) is 25.8 Å². The highest BCUT2D eigenvalue weighted by molar-refractivity contribution is 9.10. The van der Waals surface area contributed by atoms with E-state index >= 15 is 0 Å². The Morgan fingerprint density at radius 2 is 2.22 bits per heavy atom. The molecule has 0 saturated carbocycles. The SMILES string of the molecule is CN1CCCC2CN(c3ncncc3Br)CCC21. The highest BCUT2D eigenvalue weighted by atomic mass is 79.9. The summed E-state index contributed by atoms with van der Waals surface area (Å²) in [4.78, 5) is 13.4. The van der Waals surface area contributed by atoms with Gasteiger partial charge in [-0.2, -0.15) is 0 Å². The van der Waals surface area contributed by atoms with Crippen LogP contribution >= 0.6 is 15.9 Å². The number of nitrogens with zero attached hydrogens (tertiary/aromatic N) is 4. The molecule has 3 heterocycles. The first kappa shape index (κ1) is 12.4. The van der Waals surface area contributed by atoms with Crippen LogP contribution in [0.25, 0.3) is 0 Å². The van der Waals surface area contributed by atoms with E-state index in [0.717, 1.165) is 35.3 Å². The molecule has 1 aromatic heterocycles. The molecule has 0 spiro atoms. The van der Waals surface area contributed by atoms with Crippen LogP contribution in [0.5, 0.6) is 0 Å². The van der Waals surface area contributed by atoms with Crippen molar-refractivity contribution in [2.75, 3.05) is 31.6 Å². The molecule has 0 aliphatic carbocycles. The molecular formula is C13H19BrN4. The smallest absolute Gasteiger partial charge is 0.146 e. The van der Waals surface area contributed by atoms with Crippen molar-refractivity contribution < 1.29 is 0 Å². The summed E-state index contributed by atoms with van der Waals surface area (Å²) in [6.45, 7) is 3.49. The summed E-state index contributed by atoms with van der Waals surface area (Å²) in [5.74, 6) is 1.84. The van der Waals surface area contributed by atoms with E-state index < -0.39 is 0 Å². The molecule has 0 radical (unpaired) electrons. The summed E-state index contributed by atoms with van der Waals surface area (Å²) in [6, 6.07) is 0.774. The minimum absolute atomic E-state index is 0.774. The van der Waals surface area contributed by atoms with Gasteiger partial charge in [0.2, 0.25) is 0 Å². The fraction of sp³-hybridized carbons (Fsp3) is 0.692. The molecule has 0 bridgehead atoms. The monoisotopic (exact) mass is 310 g/mol. The van der Waals surface area contributed by atoms with Crippen LogP contribution in [0.2, 0.25) is 0 Å². The van der Waals surface area contributed by atoms with E-state index in [-0.39, 0.29) is 0 Å². The molecule has 5 heteroatoms. The average Bonchev–Trinajstić information content (AvgIpc) is 2.39. The van der Waals surface area contributed by atoms with Gasteiger partial charge in [-0.05, 0) is 54.7 Å². The van der Waals surface area contributed by atoms with Crippen LogP contribution in [0, 0.1) is 5.92 Å². The number of hydrogen-bond acceptors (Lipinski definition) is 4. The highest BCUT2D eigenvalue weighted by Gasteiger charge is 2.34. The predicted molar refractivity (Wildman–Crippen MR) is 75.7 cm³/mol. The van der Waals surface area contributed by atoms with Gasteiger partial charge in [0.15, 0.2) is 0 Å². The third kappa shape index (κ3) is 2.26. The van der Waals surface area contributed by atoms with Crippen LogP contribution < -0.4 is 4.90 Å². The molecule has 2 unspecified atom stereocenters. The molecule has 0 N–H and O–H groups in total. The quantitative estimate of drug-likeness (QED) is 0.795. The lowest BCUT2D eigenvalue weighted by atomic mass is 9.84. The van der Waals surface area contributed by atoms with E-state index in [4.69, 9.17) is 0 Å². The zero-order valence-electron chi connectivity index (χ0n) is 10.7. The maximum atomic E-state index is 4.41. The molecule has 18 heavy (non-hydrogen) atoms. The second-order valence-electron chi connectivity index (χ2n) is 5.38. The Labute approximate surface area is 117 Å². The van der Waals surface area contributed by atoms with Crippen molar-refractivity contribution in [3.63, 3.8) is 0 Å². The van der Waals surface area contributed by atoms with E-state index in [1.807, 2.05) is 6.20 Å². The van der Waals surface area contributed by atoms with Gasteiger partial charge in [0.25, 0.3) is 0 Å². The Balaban J connectivity index is 1.76. The van der Waals surface area contributed by atoms with E-state index in [1.54, 1.807) is 6.33 Å². The summed E-state index contributed by atoms with van der Waals surface area (Å²) in [5, 5.41) is 0. The van der Waals surface area contributed by atoms with Crippen LogP contribution in [0.1, 0.15) is 19.3 Å². The number of fused-ring (bicyclic) bond motifs is 1. The van der Waals surface area contributed by atoms with E-state index in [9.17, 15) is 0 Å². The molecule has 0 amide bonds. The molecular weight excluding hydrogens is 292 g/mol. The van der Waals surface area contributed by atoms with Crippen molar-refractivity contribution in [1.82, 2.24) is 14.9 Å². The summed E-state index contributed by atoms with van der Waals surface area (Å²) in [5.41, 5.74) is 0. The number of halogens is 1. The van der Waals surface area contributed by atoms with Gasteiger partial charge in [0.1, 0.15) is 12.1 Å². The number of anilines is 1. The van der Waals surface area contributed by atoms with Crippen LogP contribution in [0.4, 0.5) is 5.82 Å². The van der Waals surface area contributed by atoms with Crippen molar-refractivity contribution in [2.24, 2.45) is 5.92 Å². The standard InChI is InChI=1S/C13H19BrN4/c1-17-5-2-3-10-8-18(6-4-12(10)17)13-11(14)7-15-9-16-13/h7,9-10,12H,2-6,8H2,1H3. The second-order valence-corrected chi connectivity index (χ2v) is 6.23. The Bertz CT molecular complexity index is 425. The third-order valence-electron chi connectivity index (χ3n) is 4.29. The number of rotatable bonds is 1. The number of piperidine rings is 2. The number of likely N-dealkylation sites (tertiary alicyclic amines) is 1. The topological polar surface area (TPSA) is 32.3 Å². The summed E-state index contributed by atoms with van der Waals surface area (Å²) in [7, 11) is 2.27. The summed E-state index contributed by atoms with van der Waals surface area (Å²) < 4.78 is 1.01. The van der Waals surface area contributed by atoms with Gasteiger partial charge in [-0.15, -0.1) is 0 Å². The fourth-order valence-corrected chi connectivity index (χ4v) is 3.86. The summed E-state index contributed by atoms with van der Waals surface area (Å²) >= 11 is 3.55. The lowest BCUT2D eigenvalue weighted by molar-refractivity contribution is 0.102. The zero-order valence-corrected chi connectivity index (χ0v) is 12.3. The number of hydrogen-bond donors (Lipinski definition) is 0. The second kappa shape index (κ2) is 5.13. The normalized spacial score (nSPS) is 29.1. The predicted octanol–water partition coefficient (Wildman–Crippen LogP) is 2.16. The van der Waals surface area contributed by atoms with Crippen molar-refractivity contribution >= 4 is 21.7 Å². The van der Waals surface area contributed by atoms with E-state index in [2.05, 4.69) is 42.7 Å². The first-order valence-electron chi connectivity index (χ1n) is 6.66. The van der Waals surface area contributed by atoms with Crippen molar-refractivity contribution in [3.8, 4) is 0 Å². The van der Waals surface area contributed by atoms with Crippen LogP contribution in [0.3, 0.4) is 0 Å². The lowest BCUT2D eigenvalue weighted by Gasteiger charge is -2.46. The first-order chi connectivity index (χ1) is 8.75.